The fraction of sp³-hybridized carbons (Fsp3) is 0.412. The third kappa shape index (κ3) is 3.82. The van der Waals surface area contributed by atoms with Gasteiger partial charge in [-0.05, 0) is 30.9 Å². The lowest BCUT2D eigenvalue weighted by molar-refractivity contribution is 0.145. The van der Waals surface area contributed by atoms with Gasteiger partial charge in [0.15, 0.2) is 0 Å². The van der Waals surface area contributed by atoms with Gasteiger partial charge in [0.2, 0.25) is 0 Å². The van der Waals surface area contributed by atoms with Crippen LogP contribution in [0.25, 0.3) is 0 Å². The molecule has 0 unspecified atom stereocenters. The molecule has 3 heterocycles. The van der Waals surface area contributed by atoms with Crippen LogP contribution in [-0.2, 0) is 6.54 Å². The van der Waals surface area contributed by atoms with Crippen LogP contribution >= 0.6 is 0 Å². The topological polar surface area (TPSA) is 74.8 Å². The SMILES string of the molecule is N#Cc1cccnc1N1CCC(Cn2cnc(C(F)F)cc2=O)CC1. The van der Waals surface area contributed by atoms with Gasteiger partial charge in [0.1, 0.15) is 17.6 Å². The zero-order chi connectivity index (χ0) is 17.8. The molecular formula is C17H17F2N5O. The van der Waals surface area contributed by atoms with E-state index in [1.165, 1.54) is 10.9 Å². The summed E-state index contributed by atoms with van der Waals surface area (Å²) in [6.45, 7) is 1.91. The van der Waals surface area contributed by atoms with E-state index in [0.29, 0.717) is 17.9 Å². The van der Waals surface area contributed by atoms with Crippen LogP contribution in [0.4, 0.5) is 14.6 Å². The van der Waals surface area contributed by atoms with Gasteiger partial charge in [-0.3, -0.25) is 9.36 Å². The molecule has 8 heteroatoms. The predicted molar refractivity (Wildman–Crippen MR) is 87.3 cm³/mol. The second kappa shape index (κ2) is 7.38. The summed E-state index contributed by atoms with van der Waals surface area (Å²) in [5, 5.41) is 9.17. The first-order valence-corrected chi connectivity index (χ1v) is 8.03. The van der Waals surface area contributed by atoms with E-state index >= 15 is 0 Å². The summed E-state index contributed by atoms with van der Waals surface area (Å²) in [7, 11) is 0. The third-order valence-corrected chi connectivity index (χ3v) is 4.40. The van der Waals surface area contributed by atoms with E-state index in [4.69, 9.17) is 0 Å². The number of nitriles is 1. The Morgan fingerprint density at radius 2 is 2.08 bits per heavy atom. The van der Waals surface area contributed by atoms with Crippen molar-refractivity contribution in [1.82, 2.24) is 14.5 Å². The maximum absolute atomic E-state index is 12.6. The first kappa shape index (κ1) is 17.0. The summed E-state index contributed by atoms with van der Waals surface area (Å²) in [4.78, 5) is 21.9. The quantitative estimate of drug-likeness (QED) is 0.850. The van der Waals surface area contributed by atoms with Gasteiger partial charge in [-0.2, -0.15) is 5.26 Å². The monoisotopic (exact) mass is 345 g/mol. The average Bonchev–Trinajstić information content (AvgIpc) is 2.64. The average molecular weight is 345 g/mol. The number of piperidine rings is 1. The molecule has 6 nitrogen and oxygen atoms in total. The number of alkyl halides is 2. The van der Waals surface area contributed by atoms with Crippen LogP contribution in [0.15, 0.2) is 35.5 Å². The summed E-state index contributed by atoms with van der Waals surface area (Å²) in [5.41, 5.74) is -0.400. The van der Waals surface area contributed by atoms with Crippen LogP contribution in [0.5, 0.6) is 0 Å². The van der Waals surface area contributed by atoms with Gasteiger partial charge < -0.3 is 4.90 Å². The Bertz CT molecular complexity index is 837. The van der Waals surface area contributed by atoms with Crippen LogP contribution in [-0.4, -0.2) is 27.6 Å². The molecule has 1 aliphatic rings. The minimum absolute atomic E-state index is 0.252. The number of hydrogen-bond donors (Lipinski definition) is 0. The van der Waals surface area contributed by atoms with E-state index < -0.39 is 17.7 Å². The Balaban J connectivity index is 1.63. The van der Waals surface area contributed by atoms with Gasteiger partial charge >= 0.3 is 0 Å². The van der Waals surface area contributed by atoms with Crippen molar-refractivity contribution < 1.29 is 8.78 Å². The largest absolute Gasteiger partial charge is 0.356 e. The number of halogens is 2. The fourth-order valence-electron chi connectivity index (χ4n) is 3.04. The number of nitrogens with zero attached hydrogens (tertiary/aromatic N) is 5. The fourth-order valence-corrected chi connectivity index (χ4v) is 3.04. The highest BCUT2D eigenvalue weighted by molar-refractivity contribution is 5.53. The normalized spacial score (nSPS) is 15.4. The van der Waals surface area contributed by atoms with Crippen LogP contribution in [0.1, 0.15) is 30.5 Å². The molecule has 1 saturated heterocycles. The number of rotatable bonds is 4. The molecule has 2 aromatic rings. The van der Waals surface area contributed by atoms with Crippen molar-refractivity contribution in [2.45, 2.75) is 25.8 Å². The maximum Gasteiger partial charge on any atom is 0.280 e. The molecule has 1 aliphatic heterocycles. The molecule has 0 atom stereocenters. The lowest BCUT2D eigenvalue weighted by Gasteiger charge is -2.33. The lowest BCUT2D eigenvalue weighted by atomic mass is 9.96. The summed E-state index contributed by atoms with van der Waals surface area (Å²) >= 11 is 0. The highest BCUT2D eigenvalue weighted by Crippen LogP contribution is 2.25. The molecule has 0 spiro atoms. The Hall–Kier alpha value is -2.82. The molecule has 130 valence electrons. The van der Waals surface area contributed by atoms with E-state index in [-0.39, 0.29) is 5.92 Å². The summed E-state index contributed by atoms with van der Waals surface area (Å²) in [6.07, 6.45) is 1.77. The lowest BCUT2D eigenvalue weighted by Crippen LogP contribution is -2.37. The van der Waals surface area contributed by atoms with Crippen molar-refractivity contribution in [1.29, 1.82) is 5.26 Å². The number of pyridine rings is 1. The minimum atomic E-state index is -2.74. The van der Waals surface area contributed by atoms with Gasteiger partial charge in [0, 0.05) is 31.9 Å². The number of hydrogen-bond acceptors (Lipinski definition) is 5. The summed E-state index contributed by atoms with van der Waals surface area (Å²) in [6, 6.07) is 6.52. The van der Waals surface area contributed by atoms with Crippen LogP contribution in [0, 0.1) is 17.2 Å². The molecule has 3 rings (SSSR count). The molecular weight excluding hydrogens is 328 g/mol. The molecule has 0 aromatic carbocycles. The van der Waals surface area contributed by atoms with Crippen LogP contribution in [0.2, 0.25) is 0 Å². The van der Waals surface area contributed by atoms with E-state index in [9.17, 15) is 18.8 Å². The van der Waals surface area contributed by atoms with E-state index in [0.717, 1.165) is 32.0 Å². The van der Waals surface area contributed by atoms with Crippen molar-refractivity contribution in [2.75, 3.05) is 18.0 Å². The molecule has 0 saturated carbocycles. The highest BCUT2D eigenvalue weighted by Gasteiger charge is 2.22. The summed E-state index contributed by atoms with van der Waals surface area (Å²) in [5.74, 6) is 0.936. The molecule has 0 amide bonds. The van der Waals surface area contributed by atoms with Crippen molar-refractivity contribution in [3.8, 4) is 6.07 Å². The predicted octanol–water partition coefficient (Wildman–Crippen LogP) is 2.36. The second-order valence-electron chi connectivity index (χ2n) is 6.02. The molecule has 0 aliphatic carbocycles. The third-order valence-electron chi connectivity index (χ3n) is 4.40. The Morgan fingerprint density at radius 1 is 1.32 bits per heavy atom. The standard InChI is InChI=1S/C17H17F2N5O/c18-16(19)14-8-15(25)24(11-22-14)10-12-3-6-23(7-4-12)17-13(9-20)2-1-5-21-17/h1-2,5,8,11-12,16H,3-4,6-7,10H2. The van der Waals surface area contributed by atoms with E-state index in [1.807, 2.05) is 0 Å². The Kier molecular flexibility index (Phi) is 5.03. The second-order valence-corrected chi connectivity index (χ2v) is 6.02. The minimum Gasteiger partial charge on any atom is -0.356 e. The van der Waals surface area contributed by atoms with Gasteiger partial charge in [-0.15, -0.1) is 0 Å². The zero-order valence-electron chi connectivity index (χ0n) is 13.5. The molecule has 0 radical (unpaired) electrons. The Morgan fingerprint density at radius 3 is 2.72 bits per heavy atom. The van der Waals surface area contributed by atoms with Gasteiger partial charge in [0.25, 0.3) is 12.0 Å². The van der Waals surface area contributed by atoms with Gasteiger partial charge in [-0.1, -0.05) is 0 Å². The van der Waals surface area contributed by atoms with Crippen molar-refractivity contribution >= 4 is 5.82 Å². The highest BCUT2D eigenvalue weighted by atomic mass is 19.3. The Labute approximate surface area is 143 Å². The van der Waals surface area contributed by atoms with Crippen molar-refractivity contribution in [2.24, 2.45) is 5.92 Å². The summed E-state index contributed by atoms with van der Waals surface area (Å²) < 4.78 is 26.5. The molecule has 0 N–H and O–H groups in total. The van der Waals surface area contributed by atoms with Crippen LogP contribution < -0.4 is 10.5 Å². The maximum atomic E-state index is 12.6. The number of aromatic nitrogens is 3. The van der Waals surface area contributed by atoms with Gasteiger partial charge in [0.05, 0.1) is 11.9 Å². The molecule has 0 bridgehead atoms. The smallest absolute Gasteiger partial charge is 0.280 e. The zero-order valence-corrected chi connectivity index (χ0v) is 13.5. The van der Waals surface area contributed by atoms with E-state index in [1.54, 1.807) is 18.3 Å². The van der Waals surface area contributed by atoms with Gasteiger partial charge in [-0.25, -0.2) is 18.7 Å². The number of anilines is 1. The van der Waals surface area contributed by atoms with Crippen LogP contribution in [0.3, 0.4) is 0 Å². The first-order chi connectivity index (χ1) is 12.1. The van der Waals surface area contributed by atoms with Crippen molar-refractivity contribution in [3.63, 3.8) is 0 Å². The van der Waals surface area contributed by atoms with E-state index in [2.05, 4.69) is 20.9 Å². The molecule has 2 aromatic heterocycles. The molecule has 1 fully saturated rings. The van der Waals surface area contributed by atoms with Crippen molar-refractivity contribution in [3.05, 3.63) is 52.3 Å². The first-order valence-electron chi connectivity index (χ1n) is 8.03. The molecule has 25 heavy (non-hydrogen) atoms.